The van der Waals surface area contributed by atoms with Crippen LogP contribution in [0.5, 0.6) is 0 Å². The number of hydrogen-bond acceptors (Lipinski definition) is 6. The van der Waals surface area contributed by atoms with Crippen molar-refractivity contribution >= 4 is 34.1 Å². The Labute approximate surface area is 115 Å². The molecule has 1 N–H and O–H groups in total. The molecule has 0 spiro atoms. The molecule has 0 radical (unpaired) electrons. The summed E-state index contributed by atoms with van der Waals surface area (Å²) in [7, 11) is 0. The van der Waals surface area contributed by atoms with Crippen molar-refractivity contribution in [2.24, 2.45) is 0 Å². The van der Waals surface area contributed by atoms with E-state index >= 15 is 0 Å². The van der Waals surface area contributed by atoms with Gasteiger partial charge < -0.3 is 10.2 Å². The molecule has 1 amide bonds. The minimum absolute atomic E-state index is 0.0235. The number of aromatic nitrogens is 2. The van der Waals surface area contributed by atoms with Crippen LogP contribution < -0.4 is 5.32 Å². The van der Waals surface area contributed by atoms with E-state index in [1.54, 1.807) is 0 Å². The Balaban J connectivity index is 2.00. The number of thioether (sulfide) groups is 1. The number of hydrogen-bond donors (Lipinski definition) is 1. The summed E-state index contributed by atoms with van der Waals surface area (Å²) >= 11 is 3.29. The van der Waals surface area contributed by atoms with E-state index in [0.717, 1.165) is 36.9 Å². The summed E-state index contributed by atoms with van der Waals surface area (Å²) in [5, 5.41) is 12.8. The van der Waals surface area contributed by atoms with Crippen LogP contribution in [0.2, 0.25) is 0 Å². The van der Waals surface area contributed by atoms with Crippen molar-refractivity contribution in [1.29, 1.82) is 0 Å². The summed E-state index contributed by atoms with van der Waals surface area (Å²) in [6, 6.07) is 0. The van der Waals surface area contributed by atoms with E-state index in [1.807, 2.05) is 23.6 Å². The summed E-state index contributed by atoms with van der Waals surface area (Å²) in [4.78, 5) is 14.2. The molecule has 1 aromatic rings. The van der Waals surface area contributed by atoms with Crippen molar-refractivity contribution in [3.05, 3.63) is 5.01 Å². The van der Waals surface area contributed by atoms with E-state index in [2.05, 4.69) is 22.4 Å². The third kappa shape index (κ3) is 3.14. The number of amides is 1. The summed E-state index contributed by atoms with van der Waals surface area (Å²) in [5.74, 6) is 1.04. The van der Waals surface area contributed by atoms with Crippen LogP contribution >= 0.6 is 23.1 Å². The van der Waals surface area contributed by atoms with Crippen LogP contribution in [-0.2, 0) is 0 Å². The molecule has 1 saturated heterocycles. The normalized spacial score (nSPS) is 19.9. The lowest BCUT2D eigenvalue weighted by molar-refractivity contribution is 0.0759. The molecule has 0 bridgehead atoms. The molecule has 18 heavy (non-hydrogen) atoms. The molecule has 1 fully saturated rings. The number of nitrogens with zero attached hydrogens (tertiary/aromatic N) is 3. The summed E-state index contributed by atoms with van der Waals surface area (Å²) < 4.78 is 0. The summed E-state index contributed by atoms with van der Waals surface area (Å²) in [5.41, 5.74) is 0. The third-order valence-electron chi connectivity index (χ3n) is 2.82. The third-order valence-corrected chi connectivity index (χ3v) is 5.06. The molecule has 5 nitrogen and oxygen atoms in total. The van der Waals surface area contributed by atoms with Gasteiger partial charge in [-0.2, -0.15) is 11.8 Å². The zero-order valence-electron chi connectivity index (χ0n) is 10.7. The molecule has 0 aliphatic carbocycles. The van der Waals surface area contributed by atoms with Crippen molar-refractivity contribution < 1.29 is 4.79 Å². The number of nitrogens with one attached hydrogen (secondary N) is 1. The second kappa shape index (κ2) is 6.38. The van der Waals surface area contributed by atoms with Gasteiger partial charge in [0.2, 0.25) is 10.1 Å². The molecule has 2 rings (SSSR count). The maximum absolute atomic E-state index is 12.3. The highest BCUT2D eigenvalue weighted by Gasteiger charge is 2.26. The lowest BCUT2D eigenvalue weighted by atomic mass is 10.3. The lowest BCUT2D eigenvalue weighted by Crippen LogP contribution is -2.41. The monoisotopic (exact) mass is 286 g/mol. The van der Waals surface area contributed by atoms with Gasteiger partial charge in [-0.05, 0) is 13.3 Å². The average molecular weight is 286 g/mol. The SMILES string of the molecule is CCNc1nnc(C(=O)N2CCSC(CC)C2)s1. The molecule has 1 aliphatic heterocycles. The molecule has 0 saturated carbocycles. The maximum atomic E-state index is 12.3. The lowest BCUT2D eigenvalue weighted by Gasteiger charge is -2.31. The Morgan fingerprint density at radius 1 is 1.50 bits per heavy atom. The largest absolute Gasteiger partial charge is 0.360 e. The van der Waals surface area contributed by atoms with Gasteiger partial charge in [0.1, 0.15) is 0 Å². The number of carbonyl (C=O) groups excluding carboxylic acids is 1. The van der Waals surface area contributed by atoms with Crippen molar-refractivity contribution in [1.82, 2.24) is 15.1 Å². The zero-order valence-corrected chi connectivity index (χ0v) is 12.3. The van der Waals surface area contributed by atoms with Crippen LogP contribution in [0, 0.1) is 0 Å². The predicted molar refractivity (Wildman–Crippen MR) is 76.5 cm³/mol. The maximum Gasteiger partial charge on any atom is 0.284 e. The van der Waals surface area contributed by atoms with Crippen LogP contribution in [-0.4, -0.2) is 51.6 Å². The summed E-state index contributed by atoms with van der Waals surface area (Å²) in [6.07, 6.45) is 1.10. The van der Waals surface area contributed by atoms with E-state index in [-0.39, 0.29) is 5.91 Å². The van der Waals surface area contributed by atoms with Crippen LogP contribution in [0.25, 0.3) is 0 Å². The smallest absolute Gasteiger partial charge is 0.284 e. The van der Waals surface area contributed by atoms with Crippen molar-refractivity contribution in [3.8, 4) is 0 Å². The fraction of sp³-hybridized carbons (Fsp3) is 0.727. The average Bonchev–Trinajstić information content (AvgIpc) is 2.87. The Kier molecular flexibility index (Phi) is 4.82. The Hall–Kier alpha value is -0.820. The number of carbonyl (C=O) groups is 1. The standard InChI is InChI=1S/C11H18N4OS2/c1-3-8-7-15(5-6-17-8)10(16)9-13-14-11(18-9)12-4-2/h8H,3-7H2,1-2H3,(H,12,14). The van der Waals surface area contributed by atoms with Crippen LogP contribution in [0.3, 0.4) is 0 Å². The molecule has 1 aliphatic rings. The van der Waals surface area contributed by atoms with Gasteiger partial charge in [0, 0.05) is 30.6 Å². The fourth-order valence-corrected chi connectivity index (χ4v) is 3.78. The van der Waals surface area contributed by atoms with E-state index in [1.165, 1.54) is 11.3 Å². The van der Waals surface area contributed by atoms with Gasteiger partial charge in [-0.15, -0.1) is 10.2 Å². The van der Waals surface area contributed by atoms with Crippen molar-refractivity contribution in [3.63, 3.8) is 0 Å². The zero-order chi connectivity index (χ0) is 13.0. The molecular formula is C11H18N4OS2. The van der Waals surface area contributed by atoms with Crippen molar-refractivity contribution in [2.75, 3.05) is 30.7 Å². The highest BCUT2D eigenvalue weighted by Crippen LogP contribution is 2.24. The predicted octanol–water partition coefficient (Wildman–Crippen LogP) is 1.94. The highest BCUT2D eigenvalue weighted by atomic mass is 32.2. The van der Waals surface area contributed by atoms with Crippen molar-refractivity contribution in [2.45, 2.75) is 25.5 Å². The molecule has 100 valence electrons. The molecule has 7 heteroatoms. The molecule has 1 atom stereocenters. The first-order valence-corrected chi connectivity index (χ1v) is 8.09. The van der Waals surface area contributed by atoms with Crippen LogP contribution in [0.4, 0.5) is 5.13 Å². The molecule has 1 unspecified atom stereocenters. The quantitative estimate of drug-likeness (QED) is 0.916. The molecule has 0 aromatic carbocycles. The van der Waals surface area contributed by atoms with E-state index in [9.17, 15) is 4.79 Å². The molecule has 1 aromatic heterocycles. The fourth-order valence-electron chi connectivity index (χ4n) is 1.82. The minimum Gasteiger partial charge on any atom is -0.360 e. The Morgan fingerprint density at radius 2 is 2.33 bits per heavy atom. The minimum atomic E-state index is 0.0235. The molecule has 2 heterocycles. The Bertz CT molecular complexity index is 410. The second-order valence-electron chi connectivity index (χ2n) is 4.09. The topological polar surface area (TPSA) is 58.1 Å². The highest BCUT2D eigenvalue weighted by molar-refractivity contribution is 8.00. The van der Waals surface area contributed by atoms with E-state index in [0.29, 0.717) is 10.3 Å². The van der Waals surface area contributed by atoms with E-state index < -0.39 is 0 Å². The van der Waals surface area contributed by atoms with Gasteiger partial charge in [0.25, 0.3) is 5.91 Å². The van der Waals surface area contributed by atoms with Gasteiger partial charge in [0.05, 0.1) is 0 Å². The first-order valence-electron chi connectivity index (χ1n) is 6.22. The first-order chi connectivity index (χ1) is 8.74. The first kappa shape index (κ1) is 13.6. The van der Waals surface area contributed by atoms with Gasteiger partial charge in [-0.3, -0.25) is 4.79 Å². The Morgan fingerprint density at radius 3 is 3.06 bits per heavy atom. The van der Waals surface area contributed by atoms with Crippen LogP contribution in [0.1, 0.15) is 30.1 Å². The number of rotatable bonds is 4. The number of anilines is 1. The summed E-state index contributed by atoms with van der Waals surface area (Å²) in [6.45, 7) is 6.60. The second-order valence-corrected chi connectivity index (χ2v) is 6.48. The van der Waals surface area contributed by atoms with E-state index in [4.69, 9.17) is 0 Å². The molecular weight excluding hydrogens is 268 g/mol. The van der Waals surface area contributed by atoms with Gasteiger partial charge in [-0.1, -0.05) is 18.3 Å². The van der Waals surface area contributed by atoms with Gasteiger partial charge in [-0.25, -0.2) is 0 Å². The van der Waals surface area contributed by atoms with Gasteiger partial charge in [0.15, 0.2) is 0 Å². The van der Waals surface area contributed by atoms with Gasteiger partial charge >= 0.3 is 0 Å². The van der Waals surface area contributed by atoms with Crippen LogP contribution in [0.15, 0.2) is 0 Å².